The normalized spacial score (nSPS) is 16.4. The molecule has 0 bridgehead atoms. The molecule has 1 aromatic rings. The molecule has 2 amide bonds. The van der Waals surface area contributed by atoms with E-state index in [1.165, 1.54) is 24.6 Å². The minimum Gasteiger partial charge on any atom is -0.369 e. The Morgan fingerprint density at radius 3 is 2.45 bits per heavy atom. The van der Waals surface area contributed by atoms with Crippen LogP contribution in [0.1, 0.15) is 37.3 Å². The Bertz CT molecular complexity index is 515. The summed E-state index contributed by atoms with van der Waals surface area (Å²) in [4.78, 5) is 22.8. The first-order valence-corrected chi connectivity index (χ1v) is 9.00. The largest absolute Gasteiger partial charge is 0.369 e. The summed E-state index contributed by atoms with van der Waals surface area (Å²) in [6.45, 7) is 0. The first-order valence-electron chi connectivity index (χ1n) is 7.47. The highest BCUT2D eigenvalue weighted by molar-refractivity contribution is 8.00. The van der Waals surface area contributed by atoms with Crippen molar-refractivity contribution in [2.45, 2.75) is 31.7 Å². The zero-order valence-corrected chi connectivity index (χ0v) is 14.0. The molecule has 1 aliphatic carbocycles. The molecule has 0 spiro atoms. The number of hydrogen-bond acceptors (Lipinski definition) is 3. The summed E-state index contributed by atoms with van der Waals surface area (Å²) in [6, 6.07) is 7.67. The fourth-order valence-electron chi connectivity index (χ4n) is 2.89. The molecular weight excluding hydrogens is 320 g/mol. The van der Waals surface area contributed by atoms with E-state index in [0.29, 0.717) is 10.9 Å². The Kier molecular flexibility index (Phi) is 6.58. The number of carbonyl (C=O) groups is 2. The lowest BCUT2D eigenvalue weighted by atomic mass is 9.91. The molecule has 4 nitrogen and oxygen atoms in total. The zero-order valence-electron chi connectivity index (χ0n) is 12.4. The molecule has 22 heavy (non-hydrogen) atoms. The number of primary amides is 1. The average molecular weight is 341 g/mol. The number of carbonyl (C=O) groups excluding carboxylic acids is 2. The van der Waals surface area contributed by atoms with Crippen molar-refractivity contribution in [3.8, 4) is 0 Å². The third-order valence-electron chi connectivity index (χ3n) is 3.89. The average Bonchev–Trinajstić information content (AvgIpc) is 2.99. The second kappa shape index (κ2) is 8.44. The van der Waals surface area contributed by atoms with Crippen LogP contribution in [-0.4, -0.2) is 23.3 Å². The van der Waals surface area contributed by atoms with Gasteiger partial charge in [-0.25, -0.2) is 0 Å². The van der Waals surface area contributed by atoms with Crippen LogP contribution in [0.2, 0.25) is 5.02 Å². The van der Waals surface area contributed by atoms with Crippen LogP contribution in [0.25, 0.3) is 0 Å². The van der Waals surface area contributed by atoms with Crippen LogP contribution in [0.4, 0.5) is 0 Å². The topological polar surface area (TPSA) is 72.2 Å². The summed E-state index contributed by atoms with van der Waals surface area (Å²) in [5, 5.41) is 3.81. The number of nitrogens with two attached hydrogens (primary N) is 1. The first-order chi connectivity index (χ1) is 10.6. The summed E-state index contributed by atoms with van der Waals surface area (Å²) >= 11 is 7.19. The van der Waals surface area contributed by atoms with Crippen LogP contribution in [0, 0.1) is 5.92 Å². The summed E-state index contributed by atoms with van der Waals surface area (Å²) < 4.78 is 0. The molecule has 0 aromatic heterocycles. The Morgan fingerprint density at radius 1 is 1.23 bits per heavy atom. The lowest BCUT2D eigenvalue weighted by molar-refractivity contribution is -0.119. The van der Waals surface area contributed by atoms with E-state index in [-0.39, 0.29) is 23.5 Å². The number of rotatable bonds is 7. The number of thioether (sulfide) groups is 1. The number of benzene rings is 1. The molecule has 6 heteroatoms. The molecule has 0 radical (unpaired) electrons. The van der Waals surface area contributed by atoms with Gasteiger partial charge in [0.05, 0.1) is 17.5 Å². The van der Waals surface area contributed by atoms with Crippen molar-refractivity contribution in [2.75, 3.05) is 11.5 Å². The minimum absolute atomic E-state index is 0.0152. The molecular formula is C16H21ClN2O2S. The number of halogens is 1. The molecule has 3 N–H and O–H groups in total. The van der Waals surface area contributed by atoms with Gasteiger partial charge in [0, 0.05) is 5.02 Å². The third kappa shape index (κ3) is 5.21. The molecule has 0 heterocycles. The highest BCUT2D eigenvalue weighted by atomic mass is 35.5. The van der Waals surface area contributed by atoms with Gasteiger partial charge in [-0.3, -0.25) is 9.59 Å². The van der Waals surface area contributed by atoms with E-state index in [1.54, 1.807) is 0 Å². The highest BCUT2D eigenvalue weighted by Gasteiger charge is 2.27. The van der Waals surface area contributed by atoms with Crippen LogP contribution in [-0.2, 0) is 9.59 Å². The van der Waals surface area contributed by atoms with Gasteiger partial charge in [0.15, 0.2) is 0 Å². The van der Waals surface area contributed by atoms with Crippen LogP contribution < -0.4 is 11.1 Å². The van der Waals surface area contributed by atoms with Crippen molar-refractivity contribution >= 4 is 35.2 Å². The summed E-state index contributed by atoms with van der Waals surface area (Å²) in [6.07, 6.45) is 4.67. The molecule has 1 atom stereocenters. The van der Waals surface area contributed by atoms with Crippen molar-refractivity contribution in [1.29, 1.82) is 0 Å². The second-order valence-corrected chi connectivity index (χ2v) is 7.02. The van der Waals surface area contributed by atoms with E-state index in [4.69, 9.17) is 17.3 Å². The highest BCUT2D eigenvalue weighted by Crippen LogP contribution is 2.36. The maximum absolute atomic E-state index is 12.1. The van der Waals surface area contributed by atoms with Gasteiger partial charge < -0.3 is 11.1 Å². The number of nitrogens with one attached hydrogen (secondary N) is 1. The maximum Gasteiger partial charge on any atom is 0.230 e. The van der Waals surface area contributed by atoms with Gasteiger partial charge in [0.1, 0.15) is 0 Å². The molecule has 1 fully saturated rings. The fourth-order valence-corrected chi connectivity index (χ4v) is 3.59. The summed E-state index contributed by atoms with van der Waals surface area (Å²) in [5.74, 6) is 0.426. The van der Waals surface area contributed by atoms with E-state index in [2.05, 4.69) is 5.32 Å². The van der Waals surface area contributed by atoms with Crippen molar-refractivity contribution in [1.82, 2.24) is 5.32 Å². The molecule has 1 aliphatic rings. The van der Waals surface area contributed by atoms with E-state index >= 15 is 0 Å². The predicted octanol–water partition coefficient (Wildman–Crippen LogP) is 2.91. The molecule has 1 aromatic carbocycles. The van der Waals surface area contributed by atoms with Crippen molar-refractivity contribution in [3.63, 3.8) is 0 Å². The van der Waals surface area contributed by atoms with Gasteiger partial charge in [0.25, 0.3) is 0 Å². The Labute approximate surface area is 140 Å². The van der Waals surface area contributed by atoms with Gasteiger partial charge in [-0.1, -0.05) is 36.6 Å². The molecule has 0 aliphatic heterocycles. The molecule has 1 saturated carbocycles. The second-order valence-electron chi connectivity index (χ2n) is 5.60. The Hall–Kier alpha value is -1.20. The number of hydrogen-bond donors (Lipinski definition) is 2. The minimum atomic E-state index is -0.400. The van der Waals surface area contributed by atoms with Crippen LogP contribution in [0.3, 0.4) is 0 Å². The fraction of sp³-hybridized carbons (Fsp3) is 0.500. The Balaban J connectivity index is 2.00. The van der Waals surface area contributed by atoms with Crippen LogP contribution >= 0.6 is 23.4 Å². The molecule has 120 valence electrons. The van der Waals surface area contributed by atoms with Gasteiger partial charge in [-0.2, -0.15) is 0 Å². The number of amides is 2. The first kappa shape index (κ1) is 17.2. The van der Waals surface area contributed by atoms with Gasteiger partial charge in [-0.15, -0.1) is 11.8 Å². The molecule has 0 unspecified atom stereocenters. The van der Waals surface area contributed by atoms with E-state index in [0.717, 1.165) is 18.4 Å². The summed E-state index contributed by atoms with van der Waals surface area (Å²) in [5.41, 5.74) is 6.17. The third-order valence-corrected chi connectivity index (χ3v) is 5.10. The standard InChI is InChI=1S/C16H21ClN2O2S/c17-13-7-5-12(6-8-13)16(11-3-1-2-4-11)19-15(21)10-22-9-14(18)20/h5-8,11,16H,1-4,9-10H2,(H2,18,20)(H,19,21)/t16-/m1/s1. The lowest BCUT2D eigenvalue weighted by Crippen LogP contribution is -2.34. The monoisotopic (exact) mass is 340 g/mol. The van der Waals surface area contributed by atoms with E-state index in [9.17, 15) is 9.59 Å². The Morgan fingerprint density at radius 2 is 1.86 bits per heavy atom. The van der Waals surface area contributed by atoms with Gasteiger partial charge in [0.2, 0.25) is 11.8 Å². The van der Waals surface area contributed by atoms with Crippen molar-refractivity contribution in [3.05, 3.63) is 34.9 Å². The smallest absolute Gasteiger partial charge is 0.230 e. The molecule has 0 saturated heterocycles. The summed E-state index contributed by atoms with van der Waals surface area (Å²) in [7, 11) is 0. The van der Waals surface area contributed by atoms with Crippen molar-refractivity contribution < 1.29 is 9.59 Å². The quantitative estimate of drug-likeness (QED) is 0.801. The van der Waals surface area contributed by atoms with Gasteiger partial charge in [-0.05, 0) is 36.5 Å². The van der Waals surface area contributed by atoms with E-state index in [1.807, 2.05) is 24.3 Å². The molecule has 2 rings (SSSR count). The maximum atomic E-state index is 12.1. The zero-order chi connectivity index (χ0) is 15.9. The van der Waals surface area contributed by atoms with Gasteiger partial charge >= 0.3 is 0 Å². The van der Waals surface area contributed by atoms with E-state index < -0.39 is 5.91 Å². The van der Waals surface area contributed by atoms with Crippen LogP contribution in [0.15, 0.2) is 24.3 Å². The van der Waals surface area contributed by atoms with Crippen molar-refractivity contribution in [2.24, 2.45) is 11.7 Å². The lowest BCUT2D eigenvalue weighted by Gasteiger charge is -2.25. The van der Waals surface area contributed by atoms with Crippen LogP contribution in [0.5, 0.6) is 0 Å². The predicted molar refractivity (Wildman–Crippen MR) is 90.8 cm³/mol. The SMILES string of the molecule is NC(=O)CSCC(=O)N[C@@H](c1ccc(Cl)cc1)C1CCCC1.